The van der Waals surface area contributed by atoms with Gasteiger partial charge in [-0.05, 0) is 24.6 Å². The van der Waals surface area contributed by atoms with Crippen LogP contribution in [0.1, 0.15) is 21.5 Å². The van der Waals surface area contributed by atoms with E-state index in [1.807, 2.05) is 0 Å². The fourth-order valence-electron chi connectivity index (χ4n) is 2.41. The lowest BCUT2D eigenvalue weighted by Gasteiger charge is -2.16. The topological polar surface area (TPSA) is 55.2 Å². The Labute approximate surface area is 114 Å². The Hall–Kier alpha value is -2.50. The number of rotatable bonds is 2. The van der Waals surface area contributed by atoms with Gasteiger partial charge in [-0.1, -0.05) is 0 Å². The Morgan fingerprint density at radius 2 is 2.05 bits per heavy atom. The Balaban J connectivity index is 2.06. The van der Waals surface area contributed by atoms with Crippen LogP contribution in [0.5, 0.6) is 0 Å². The van der Waals surface area contributed by atoms with Gasteiger partial charge >= 0.3 is 0 Å². The van der Waals surface area contributed by atoms with E-state index in [2.05, 4.69) is 5.10 Å². The normalized spacial score (nSPS) is 14.1. The predicted octanol–water partition coefficient (Wildman–Crippen LogP) is 1.60. The van der Waals surface area contributed by atoms with E-state index in [0.29, 0.717) is 5.56 Å². The van der Waals surface area contributed by atoms with Crippen LogP contribution < -0.4 is 4.90 Å². The summed E-state index contributed by atoms with van der Waals surface area (Å²) in [5, 5.41) is 4.00. The zero-order chi connectivity index (χ0) is 14.4. The molecule has 3 rings (SSSR count). The van der Waals surface area contributed by atoms with Crippen LogP contribution in [0.15, 0.2) is 24.5 Å². The largest absolute Gasteiger partial charge is 0.299 e. The summed E-state index contributed by atoms with van der Waals surface area (Å²) >= 11 is 0. The molecular formula is C14H12FN3O2. The van der Waals surface area contributed by atoms with E-state index in [-0.39, 0.29) is 17.8 Å². The fourth-order valence-corrected chi connectivity index (χ4v) is 2.41. The van der Waals surface area contributed by atoms with Crippen LogP contribution in [0, 0.1) is 12.7 Å². The summed E-state index contributed by atoms with van der Waals surface area (Å²) < 4.78 is 15.7. The molecule has 1 aliphatic rings. The van der Waals surface area contributed by atoms with Crippen LogP contribution in [0.2, 0.25) is 0 Å². The summed E-state index contributed by atoms with van der Waals surface area (Å²) in [4.78, 5) is 25.1. The number of hydrogen-bond donors (Lipinski definition) is 0. The second-order valence-corrected chi connectivity index (χ2v) is 4.89. The van der Waals surface area contributed by atoms with Crippen molar-refractivity contribution >= 4 is 17.4 Å². The minimum absolute atomic E-state index is 0.0643. The van der Waals surface area contributed by atoms with Gasteiger partial charge in [-0.25, -0.2) is 4.39 Å². The van der Waals surface area contributed by atoms with E-state index in [1.165, 1.54) is 11.0 Å². The van der Waals surface area contributed by atoms with Crippen molar-refractivity contribution < 1.29 is 14.0 Å². The molecule has 1 aromatic heterocycles. The number of fused-ring (bicyclic) bond motifs is 1. The Kier molecular flexibility index (Phi) is 2.67. The van der Waals surface area contributed by atoms with Crippen molar-refractivity contribution in [2.75, 3.05) is 4.90 Å². The van der Waals surface area contributed by atoms with Gasteiger partial charge in [0.1, 0.15) is 5.82 Å². The van der Waals surface area contributed by atoms with Gasteiger partial charge in [-0.2, -0.15) is 5.10 Å². The highest BCUT2D eigenvalue weighted by Crippen LogP contribution is 2.33. The highest BCUT2D eigenvalue weighted by molar-refractivity contribution is 6.52. The minimum Gasteiger partial charge on any atom is -0.297 e. The first-order valence-electron chi connectivity index (χ1n) is 6.11. The van der Waals surface area contributed by atoms with Crippen molar-refractivity contribution in [2.45, 2.75) is 13.5 Å². The van der Waals surface area contributed by atoms with Gasteiger partial charge in [0.25, 0.3) is 11.7 Å². The van der Waals surface area contributed by atoms with E-state index in [1.54, 1.807) is 37.1 Å². The molecule has 2 aromatic rings. The molecule has 5 nitrogen and oxygen atoms in total. The quantitative estimate of drug-likeness (QED) is 0.781. The molecule has 0 radical (unpaired) electrons. The zero-order valence-corrected chi connectivity index (χ0v) is 11.1. The molecular weight excluding hydrogens is 261 g/mol. The Bertz CT molecular complexity index is 736. The van der Waals surface area contributed by atoms with E-state index in [4.69, 9.17) is 0 Å². The van der Waals surface area contributed by atoms with Crippen LogP contribution in [0.4, 0.5) is 10.1 Å². The summed E-state index contributed by atoms with van der Waals surface area (Å²) in [6.45, 7) is 1.82. The van der Waals surface area contributed by atoms with Gasteiger partial charge in [0, 0.05) is 18.8 Å². The number of carbonyl (C=O) groups is 2. The number of amides is 1. The van der Waals surface area contributed by atoms with Crippen LogP contribution in [-0.4, -0.2) is 21.5 Å². The van der Waals surface area contributed by atoms with Crippen LogP contribution in [-0.2, 0) is 18.4 Å². The average molecular weight is 273 g/mol. The smallest absolute Gasteiger partial charge is 0.297 e. The Morgan fingerprint density at radius 1 is 1.30 bits per heavy atom. The lowest BCUT2D eigenvalue weighted by molar-refractivity contribution is -0.114. The second-order valence-electron chi connectivity index (χ2n) is 4.89. The first-order valence-corrected chi connectivity index (χ1v) is 6.11. The van der Waals surface area contributed by atoms with Gasteiger partial charge in [0.15, 0.2) is 0 Å². The summed E-state index contributed by atoms with van der Waals surface area (Å²) in [5.41, 5.74) is 1.55. The van der Waals surface area contributed by atoms with Crippen LogP contribution >= 0.6 is 0 Å². The molecule has 6 heteroatoms. The molecule has 0 saturated carbocycles. The number of aryl methyl sites for hydroxylation is 2. The molecule has 0 unspecified atom stereocenters. The molecule has 1 aliphatic heterocycles. The number of benzene rings is 1. The lowest BCUT2D eigenvalue weighted by atomic mass is 10.1. The molecule has 2 heterocycles. The maximum atomic E-state index is 14.1. The molecule has 0 spiro atoms. The third-order valence-corrected chi connectivity index (χ3v) is 3.26. The lowest BCUT2D eigenvalue weighted by Crippen LogP contribution is -2.29. The molecule has 0 bridgehead atoms. The highest BCUT2D eigenvalue weighted by Gasteiger charge is 2.38. The van der Waals surface area contributed by atoms with Crippen molar-refractivity contribution in [1.82, 2.24) is 9.78 Å². The van der Waals surface area contributed by atoms with E-state index in [9.17, 15) is 14.0 Å². The molecule has 1 aromatic carbocycles. The van der Waals surface area contributed by atoms with Gasteiger partial charge in [-0.3, -0.25) is 19.2 Å². The van der Waals surface area contributed by atoms with Gasteiger partial charge in [0.2, 0.25) is 0 Å². The predicted molar refractivity (Wildman–Crippen MR) is 69.9 cm³/mol. The van der Waals surface area contributed by atoms with Crippen LogP contribution in [0.25, 0.3) is 0 Å². The van der Waals surface area contributed by atoms with Gasteiger partial charge in [0.05, 0.1) is 24.0 Å². The maximum absolute atomic E-state index is 14.1. The fraction of sp³-hybridized carbons (Fsp3) is 0.214. The van der Waals surface area contributed by atoms with Crippen molar-refractivity contribution in [3.8, 4) is 0 Å². The highest BCUT2D eigenvalue weighted by atomic mass is 19.1. The summed E-state index contributed by atoms with van der Waals surface area (Å²) in [6.07, 6.45) is 3.31. The van der Waals surface area contributed by atoms with Gasteiger partial charge < -0.3 is 0 Å². The van der Waals surface area contributed by atoms with E-state index in [0.717, 1.165) is 5.56 Å². The minimum atomic E-state index is -0.701. The van der Waals surface area contributed by atoms with Crippen molar-refractivity contribution in [3.05, 3.63) is 47.0 Å². The number of Topliss-reactive ketones (excluding diaryl/α,β-unsaturated/α-hetero) is 1. The molecule has 20 heavy (non-hydrogen) atoms. The van der Waals surface area contributed by atoms with E-state index >= 15 is 0 Å². The number of anilines is 1. The number of nitrogens with zero attached hydrogens (tertiary/aromatic N) is 3. The van der Waals surface area contributed by atoms with E-state index < -0.39 is 17.5 Å². The van der Waals surface area contributed by atoms with Crippen molar-refractivity contribution in [2.24, 2.45) is 7.05 Å². The third kappa shape index (κ3) is 1.80. The average Bonchev–Trinajstić information content (AvgIpc) is 2.88. The summed E-state index contributed by atoms with van der Waals surface area (Å²) in [5.74, 6) is -1.91. The standard InChI is InChI=1S/C14H12FN3O2/c1-8-3-10-12(11(15)4-8)18(14(20)13(10)19)7-9-5-16-17(2)6-9/h3-6H,7H2,1-2H3. The third-order valence-electron chi connectivity index (χ3n) is 3.26. The summed E-state index contributed by atoms with van der Waals surface area (Å²) in [7, 11) is 1.75. The van der Waals surface area contributed by atoms with Gasteiger partial charge in [-0.15, -0.1) is 0 Å². The summed E-state index contributed by atoms with van der Waals surface area (Å²) in [6, 6.07) is 2.86. The molecule has 1 amide bonds. The maximum Gasteiger partial charge on any atom is 0.299 e. The van der Waals surface area contributed by atoms with Crippen LogP contribution in [0.3, 0.4) is 0 Å². The monoisotopic (exact) mass is 273 g/mol. The first kappa shape index (κ1) is 12.5. The van der Waals surface area contributed by atoms with Crippen molar-refractivity contribution in [1.29, 1.82) is 0 Å². The number of aromatic nitrogens is 2. The molecule has 0 atom stereocenters. The SMILES string of the molecule is Cc1cc(F)c2c(c1)C(=O)C(=O)N2Cc1cnn(C)c1. The zero-order valence-electron chi connectivity index (χ0n) is 11.1. The number of hydrogen-bond acceptors (Lipinski definition) is 3. The molecule has 0 fully saturated rings. The number of halogens is 1. The molecule has 102 valence electrons. The van der Waals surface area contributed by atoms with Crippen molar-refractivity contribution in [3.63, 3.8) is 0 Å². The first-order chi connectivity index (χ1) is 9.47. The Morgan fingerprint density at radius 3 is 2.70 bits per heavy atom. The number of carbonyl (C=O) groups excluding carboxylic acids is 2. The molecule has 0 N–H and O–H groups in total. The molecule has 0 saturated heterocycles. The number of ketones is 1. The molecule has 0 aliphatic carbocycles. The second kappa shape index (κ2) is 4.26.